The van der Waals surface area contributed by atoms with Gasteiger partial charge in [-0.1, -0.05) is 80.2 Å². The van der Waals surface area contributed by atoms with Crippen LogP contribution in [0.2, 0.25) is 0 Å². The maximum absolute atomic E-state index is 15.4. The van der Waals surface area contributed by atoms with Gasteiger partial charge in [-0.3, -0.25) is 48.9 Å². The van der Waals surface area contributed by atoms with Gasteiger partial charge in [0.25, 0.3) is 0 Å². The number of piperazine rings is 2. The summed E-state index contributed by atoms with van der Waals surface area (Å²) in [7, 11) is 5.59. The number of hydrogen-bond acceptors (Lipinski definition) is 33. The number of rotatable bonds is 14. The number of nitriles is 2. The summed E-state index contributed by atoms with van der Waals surface area (Å²) in [6, 6.07) is 28.9. The predicted octanol–water partition coefficient (Wildman–Crippen LogP) is 12.8. The summed E-state index contributed by atoms with van der Waals surface area (Å²) in [6.45, 7) is 10.2. The molecule has 0 aliphatic carbocycles. The van der Waals surface area contributed by atoms with Crippen LogP contribution in [0.25, 0.3) is 0 Å². The minimum atomic E-state index is -4.36. The van der Waals surface area contributed by atoms with E-state index in [1.807, 2.05) is 115 Å². The number of likely N-dealkylation sites (N-methyl/N-ethyl adjacent to an activating group) is 2. The van der Waals surface area contributed by atoms with Crippen molar-refractivity contribution in [3.8, 4) is 92.6 Å². The number of hydrogen-bond donors (Lipinski definition) is 5. The number of ether oxygens (including phenoxy) is 12. The monoisotopic (exact) mass is 1820 g/mol. The molecule has 31 nitrogen and oxygen atoms in total. The Balaban J connectivity index is 0.000000179. The van der Waals surface area contributed by atoms with Crippen molar-refractivity contribution in [2.24, 2.45) is 0 Å². The average molecular weight is 1820 g/mol. The van der Waals surface area contributed by atoms with Gasteiger partial charge in [-0.15, -0.1) is 23.5 Å². The van der Waals surface area contributed by atoms with E-state index in [4.69, 9.17) is 70.4 Å². The standard InChI is InChI=1S/C54H55N4O13PS.C40H42N4O10S.CH4/c1-29-19-35-20-37-38(23-55)58-39-26-65-53(61)54(27-73-52(46(58)45(57(37)4)42(35)47(60)48(29)64-6)44-43(39)51-50(66-28-67-51)30(2)49(44)70-31(3)59)36-22-40(63-5)41(21-34(36)17-18-56-54)71-72(62,68-24-32-13-9-7-10-14-32)69-25-33-15-11-8-12-16-33;1-17-9-21-10-23-24(13-41)44-25-14-51-39(48)40(22-12-27(49-5)26(46)11-20(22)7-8-42-40)15-55-38(32(44)31(43(23)4)28(21)33(47)34(17)50-6)30-29(25)37-36(52-16-53-37)18(2)35(30)54-19(3)45;/h7-16,19,21-22,37-39,45-46,52,56,60H,17-18,20,24-28H2,1-6H3;9,11-12,23-25,31-32,38,42,46-47H,7-8,10,14-16H2,1-6H3;1H4/t37-,38-,39-,45+,46?,52+,54+;23-,24-,25-,31+,32?,38+,40+;/m00./s1. The molecule has 0 radical (unpaired) electrons. The molecule has 34 heteroatoms. The van der Waals surface area contributed by atoms with Crippen molar-refractivity contribution in [3.63, 3.8) is 0 Å². The minimum Gasteiger partial charge on any atom is -0.504 e. The number of carbonyl (C=O) groups is 4. The number of phenols is 3. The van der Waals surface area contributed by atoms with E-state index in [9.17, 15) is 44.8 Å². The summed E-state index contributed by atoms with van der Waals surface area (Å²) in [4.78, 5) is 64.9. The van der Waals surface area contributed by atoms with Crippen molar-refractivity contribution < 1.29 is 109 Å². The number of aromatic hydroxyl groups is 3. The Morgan fingerprint density at radius 1 is 0.535 bits per heavy atom. The highest BCUT2D eigenvalue weighted by Crippen LogP contribution is 2.69. The second kappa shape index (κ2) is 34.3. The Kier molecular flexibility index (Phi) is 23.5. The van der Waals surface area contributed by atoms with Crippen LogP contribution in [-0.2, 0) is 92.2 Å². The summed E-state index contributed by atoms with van der Waals surface area (Å²) in [5.74, 6) is 1.66. The topological polar surface area (TPSA) is 369 Å². The molecule has 676 valence electrons. The highest BCUT2D eigenvalue weighted by molar-refractivity contribution is 7.99. The highest BCUT2D eigenvalue weighted by atomic mass is 32.2. The molecule has 0 saturated carbocycles. The Hall–Kier alpha value is -11.2. The summed E-state index contributed by atoms with van der Waals surface area (Å²) >= 11 is 2.93. The van der Waals surface area contributed by atoms with Crippen LogP contribution in [0.1, 0.15) is 156 Å². The zero-order valence-corrected chi connectivity index (χ0v) is 75.0. The quantitative estimate of drug-likeness (QED) is 0.0383. The van der Waals surface area contributed by atoms with E-state index in [1.165, 1.54) is 65.8 Å². The van der Waals surface area contributed by atoms with Gasteiger partial charge in [0.15, 0.2) is 80.1 Å². The van der Waals surface area contributed by atoms with Crippen molar-refractivity contribution >= 4 is 55.2 Å². The number of nitrogens with zero attached hydrogens (tertiary/aromatic N) is 6. The molecule has 14 heterocycles. The molecule has 5 N–H and O–H groups in total. The Morgan fingerprint density at radius 3 is 1.36 bits per heavy atom. The molecule has 129 heavy (non-hydrogen) atoms. The van der Waals surface area contributed by atoms with Gasteiger partial charge in [0.05, 0.1) is 88.5 Å². The van der Waals surface area contributed by atoms with E-state index < -0.39 is 102 Å². The normalized spacial score (nSPS) is 26.4. The first kappa shape index (κ1) is 88.5. The van der Waals surface area contributed by atoms with Crippen molar-refractivity contribution in [3.05, 3.63) is 197 Å². The lowest BCUT2D eigenvalue weighted by atomic mass is 9.71. The summed E-state index contributed by atoms with van der Waals surface area (Å²) in [6.07, 6.45) is 1.94. The first-order valence-corrected chi connectivity index (χ1v) is 46.0. The Morgan fingerprint density at radius 2 is 0.953 bits per heavy atom. The number of carbonyl (C=O) groups excluding carboxylic acids is 4. The lowest BCUT2D eigenvalue weighted by molar-refractivity contribution is -0.158. The number of phenolic OH excluding ortho intramolecular Hbond substituents is 3. The third kappa shape index (κ3) is 14.2. The third-order valence-electron chi connectivity index (χ3n) is 27.5. The summed E-state index contributed by atoms with van der Waals surface area (Å²) < 4.78 is 106. The minimum absolute atomic E-state index is 0. The van der Waals surface area contributed by atoms with Crippen molar-refractivity contribution in [2.45, 2.75) is 170 Å². The molecule has 2 unspecified atom stereocenters. The van der Waals surface area contributed by atoms with E-state index in [0.29, 0.717) is 146 Å². The zero-order valence-electron chi connectivity index (χ0n) is 72.5. The van der Waals surface area contributed by atoms with Crippen molar-refractivity contribution in [2.75, 3.05) is 93.9 Å². The largest absolute Gasteiger partial charge is 0.530 e. The molecule has 8 aromatic carbocycles. The van der Waals surface area contributed by atoms with Crippen LogP contribution in [0.15, 0.2) is 97.1 Å². The molecule has 14 aliphatic heterocycles. The SMILES string of the molecule is C.COc1cc2c(cc1O)CCN[C@]21CS[C@@H]2c3c(OC(C)=O)c(C)c4c(c3[C@H](COC1=O)N1C2[C@H]2c3c(cc(C)c(OC)c3O)C[C@@H]([C@@H]1C#N)N2C)OCO4.COc1cc2c(cc1OP(=O)(OCc1ccccc1)OCc1ccccc1)CCN[C@]21CS[C@@H]2c3c(OC(C)=O)c(C)c4c(c3[C@H](COC1=O)N1C2[C@H]2c3c(cc(C)c(OC)c3O)C[C@@H]([C@@H]1C#N)N2C)OCO4. The Bertz CT molecular complexity index is 6010. The highest BCUT2D eigenvalue weighted by Gasteiger charge is 2.65. The molecule has 4 fully saturated rings. The van der Waals surface area contributed by atoms with Gasteiger partial charge in [0.1, 0.15) is 36.8 Å². The number of fused-ring (bicyclic) bond motifs is 18. The number of esters is 4. The van der Waals surface area contributed by atoms with E-state index in [-0.39, 0.29) is 106 Å². The fourth-order valence-electron chi connectivity index (χ4n) is 22.1. The van der Waals surface area contributed by atoms with E-state index in [2.05, 4.69) is 42.4 Å². The third-order valence-corrected chi connectivity index (χ3v) is 31.8. The van der Waals surface area contributed by atoms with Crippen LogP contribution in [-0.4, -0.2) is 189 Å². The lowest BCUT2D eigenvalue weighted by Gasteiger charge is -2.62. The first-order valence-electron chi connectivity index (χ1n) is 42.5. The number of aryl methyl sites for hydroxylation is 2. The molecule has 8 bridgehead atoms. The zero-order chi connectivity index (χ0) is 89.6. The molecule has 8 aromatic rings. The van der Waals surface area contributed by atoms with Gasteiger partial charge >= 0.3 is 31.7 Å². The van der Waals surface area contributed by atoms with Crippen LogP contribution in [0.4, 0.5) is 0 Å². The molecule has 22 rings (SSSR count). The molecule has 14 atom stereocenters. The van der Waals surface area contributed by atoms with Crippen LogP contribution in [0, 0.1) is 50.4 Å². The number of phosphoric acid groups is 1. The maximum atomic E-state index is 15.4. The van der Waals surface area contributed by atoms with Crippen LogP contribution in [0.5, 0.6) is 80.5 Å². The first-order chi connectivity index (χ1) is 61.7. The predicted molar refractivity (Wildman–Crippen MR) is 472 cm³/mol. The van der Waals surface area contributed by atoms with Crippen molar-refractivity contribution in [1.82, 2.24) is 30.2 Å². The second-order valence-corrected chi connectivity index (χ2v) is 38.1. The second-order valence-electron chi connectivity index (χ2n) is 34.2. The molecule has 0 aromatic heterocycles. The van der Waals surface area contributed by atoms with Crippen LogP contribution >= 0.6 is 31.3 Å². The van der Waals surface area contributed by atoms with Gasteiger partial charge < -0.3 is 76.7 Å². The van der Waals surface area contributed by atoms with E-state index in [0.717, 1.165) is 38.9 Å². The molecule has 4 saturated heterocycles. The number of benzene rings is 8. The summed E-state index contributed by atoms with van der Waals surface area (Å²) in [5.41, 5.74) is 9.83. The van der Waals surface area contributed by atoms with Crippen molar-refractivity contribution in [1.29, 1.82) is 10.5 Å². The fraction of sp³-hybridized carbons (Fsp3) is 0.432. The molecule has 14 aliphatic rings. The molecule has 2 spiro atoms. The number of methoxy groups -OCH3 is 4. The number of phosphoric ester groups is 1. The van der Waals surface area contributed by atoms with Crippen LogP contribution < -0.4 is 62.5 Å². The van der Waals surface area contributed by atoms with E-state index in [1.54, 1.807) is 24.3 Å². The van der Waals surface area contributed by atoms with Crippen LogP contribution in [0.3, 0.4) is 0 Å². The maximum Gasteiger partial charge on any atom is 0.530 e. The fourth-order valence-corrected chi connectivity index (χ4v) is 26.7. The smallest absolute Gasteiger partial charge is 0.504 e. The number of thioether (sulfide) groups is 2. The van der Waals surface area contributed by atoms with Gasteiger partial charge in [0, 0.05) is 107 Å². The molecular weight excluding hydrogens is 1720 g/mol. The Labute approximate surface area is 754 Å². The van der Waals surface area contributed by atoms with Gasteiger partial charge in [0.2, 0.25) is 13.6 Å². The van der Waals surface area contributed by atoms with Gasteiger partial charge in [-0.25, -0.2) is 14.2 Å². The van der Waals surface area contributed by atoms with Gasteiger partial charge in [-0.05, 0) is 147 Å². The molecular formula is C95H101N8O23PS2. The lowest BCUT2D eigenvalue weighted by Crippen LogP contribution is -2.69. The summed E-state index contributed by atoms with van der Waals surface area (Å²) in [5, 5.41) is 63.4. The number of nitrogens with one attached hydrogen (secondary N) is 2. The van der Waals surface area contributed by atoms with E-state index >= 15 is 4.79 Å². The molecule has 0 amide bonds. The average Bonchev–Trinajstić information content (AvgIpc) is 1.27. The van der Waals surface area contributed by atoms with Gasteiger partial charge in [-0.2, -0.15) is 10.5 Å².